The van der Waals surface area contributed by atoms with Gasteiger partial charge in [0.05, 0.1) is 0 Å². The van der Waals surface area contributed by atoms with Crippen LogP contribution in [0, 0.1) is 32.1 Å². The fraction of sp³-hybridized carbons (Fsp3) is 0.346. The first kappa shape index (κ1) is 29.7. The van der Waals surface area contributed by atoms with E-state index in [4.69, 9.17) is 0 Å². The fourth-order valence-corrected chi connectivity index (χ4v) is 8.36. The molecule has 2 aromatic carbocycles. The van der Waals surface area contributed by atoms with Crippen LogP contribution in [-0.2, 0) is 24.4 Å². The second-order valence-electron chi connectivity index (χ2n) is 7.75. The minimum Gasteiger partial charge on any atom is -0.317 e. The molecular weight excluding hydrogens is 580 g/mol. The van der Waals surface area contributed by atoms with E-state index >= 15 is 0 Å². The van der Waals surface area contributed by atoms with E-state index in [1.807, 2.05) is 92.8 Å². The molecule has 0 unspecified atom stereocenters. The molecule has 6 radical (unpaired) electrons. The summed E-state index contributed by atoms with van der Waals surface area (Å²) in [6.45, 7) is 14.1. The molecule has 0 bridgehead atoms. The maximum atomic E-state index is 12.0. The predicted octanol–water partition coefficient (Wildman–Crippen LogP) is 6.91. The minimum atomic E-state index is -1.79. The molecule has 164 valence electrons. The smallest absolute Gasteiger partial charge is 0.317 e. The normalized spacial score (nSPS) is 13.0. The van der Waals surface area contributed by atoms with Gasteiger partial charge in [-0.15, -0.1) is 0 Å². The van der Waals surface area contributed by atoms with Crippen molar-refractivity contribution in [2.75, 3.05) is 0 Å². The van der Waals surface area contributed by atoms with Crippen LogP contribution in [0.2, 0.25) is 0 Å². The van der Waals surface area contributed by atoms with Crippen molar-refractivity contribution in [1.82, 2.24) is 0 Å². The van der Waals surface area contributed by atoms with Crippen LogP contribution in [0.4, 0.5) is 0 Å². The van der Waals surface area contributed by atoms with Crippen molar-refractivity contribution < 1.29 is 24.4 Å². The molecular formula is C26H37OOsP2+. The monoisotopic (exact) mass is 619 g/mol. The van der Waals surface area contributed by atoms with E-state index in [1.165, 1.54) is 0 Å². The van der Waals surface area contributed by atoms with Crippen LogP contribution >= 0.6 is 15.7 Å². The summed E-state index contributed by atoms with van der Waals surface area (Å²) in [4.78, 5) is 0. The second kappa shape index (κ2) is 17.3. The summed E-state index contributed by atoms with van der Waals surface area (Å²) >= 11 is 0. The van der Waals surface area contributed by atoms with Gasteiger partial charge in [0.15, 0.2) is 0 Å². The molecule has 30 heavy (non-hydrogen) atoms. The van der Waals surface area contributed by atoms with E-state index in [0.717, 1.165) is 27.6 Å². The van der Waals surface area contributed by atoms with Crippen molar-refractivity contribution in [2.45, 2.75) is 58.5 Å². The molecule has 2 aromatic rings. The van der Waals surface area contributed by atoms with Gasteiger partial charge in [0.25, 0.3) is 0 Å². The van der Waals surface area contributed by atoms with Crippen LogP contribution in [0.1, 0.15) is 41.5 Å². The summed E-state index contributed by atoms with van der Waals surface area (Å²) in [5.41, 5.74) is 2.69. The summed E-state index contributed by atoms with van der Waals surface area (Å²) in [5.74, 6) is 0. The number of rotatable bonds is 5. The van der Waals surface area contributed by atoms with Crippen molar-refractivity contribution in [1.29, 1.82) is 0 Å². The molecule has 0 heterocycles. The zero-order valence-corrected chi connectivity index (χ0v) is 23.5. The molecule has 1 saturated carbocycles. The molecule has 0 N–H and O–H groups in total. The van der Waals surface area contributed by atoms with Crippen molar-refractivity contribution in [3.8, 4) is 0 Å². The third-order valence-corrected chi connectivity index (χ3v) is 9.71. The van der Waals surface area contributed by atoms with Gasteiger partial charge >= 0.3 is 19.8 Å². The Balaban J connectivity index is 0.000000460. The van der Waals surface area contributed by atoms with Crippen LogP contribution in [0.25, 0.3) is 0 Å². The Bertz CT molecular complexity index is 600. The SMILES string of the molecule is CC(C)P(C(C)C)C(C)C.O=[PH](c1ccccc1)c1ccccc1.[CH]1[CH][CH][CH][CH]1.[Os+]. The largest absolute Gasteiger partial charge is 1.00 e. The van der Waals surface area contributed by atoms with Crippen LogP contribution in [-0.4, -0.2) is 17.0 Å². The van der Waals surface area contributed by atoms with E-state index in [2.05, 4.69) is 41.5 Å². The van der Waals surface area contributed by atoms with Gasteiger partial charge in [-0.2, -0.15) is 0 Å². The van der Waals surface area contributed by atoms with Crippen molar-refractivity contribution in [3.63, 3.8) is 0 Å². The Labute approximate surface area is 201 Å². The molecule has 0 atom stereocenters. The molecule has 0 aliphatic heterocycles. The maximum absolute atomic E-state index is 12.0. The summed E-state index contributed by atoms with van der Waals surface area (Å²) in [5, 5.41) is 1.84. The van der Waals surface area contributed by atoms with Crippen LogP contribution < -0.4 is 10.6 Å². The van der Waals surface area contributed by atoms with Crippen molar-refractivity contribution in [2.24, 2.45) is 0 Å². The van der Waals surface area contributed by atoms with Gasteiger partial charge in [-0.25, -0.2) is 0 Å². The molecule has 1 aliphatic rings. The Hall–Kier alpha value is -0.264. The predicted molar refractivity (Wildman–Crippen MR) is 135 cm³/mol. The molecule has 0 spiro atoms. The molecule has 0 saturated heterocycles. The average molecular weight is 618 g/mol. The zero-order chi connectivity index (χ0) is 21.6. The van der Waals surface area contributed by atoms with Gasteiger partial charge in [-0.05, 0) is 49.1 Å². The zero-order valence-electron chi connectivity index (χ0n) is 19.1. The summed E-state index contributed by atoms with van der Waals surface area (Å²) < 4.78 is 12.0. The molecule has 4 heteroatoms. The molecule has 1 aliphatic carbocycles. The van der Waals surface area contributed by atoms with E-state index in [0.29, 0.717) is 0 Å². The van der Waals surface area contributed by atoms with Gasteiger partial charge in [-0.1, -0.05) is 110 Å². The summed E-state index contributed by atoms with van der Waals surface area (Å²) in [6, 6.07) is 19.2. The molecule has 0 amide bonds. The van der Waals surface area contributed by atoms with E-state index in [1.54, 1.807) is 0 Å². The van der Waals surface area contributed by atoms with Crippen molar-refractivity contribution in [3.05, 3.63) is 92.8 Å². The first-order valence-corrected chi connectivity index (χ1v) is 13.4. The van der Waals surface area contributed by atoms with Crippen LogP contribution in [0.15, 0.2) is 60.7 Å². The van der Waals surface area contributed by atoms with Crippen LogP contribution in [0.5, 0.6) is 0 Å². The van der Waals surface area contributed by atoms with E-state index < -0.39 is 7.80 Å². The average Bonchev–Trinajstić information content (AvgIpc) is 3.28. The van der Waals surface area contributed by atoms with Gasteiger partial charge in [0.2, 0.25) is 0 Å². The van der Waals surface area contributed by atoms with Gasteiger partial charge < -0.3 is 4.57 Å². The summed E-state index contributed by atoms with van der Waals surface area (Å²) in [7, 11) is -1.53. The fourth-order valence-electron chi connectivity index (χ4n) is 3.46. The van der Waals surface area contributed by atoms with Gasteiger partial charge in [0, 0.05) is 10.6 Å². The third kappa shape index (κ3) is 11.9. The number of benzene rings is 2. The second-order valence-corrected chi connectivity index (χ2v) is 13.6. The van der Waals surface area contributed by atoms with Gasteiger partial charge in [-0.3, -0.25) is 0 Å². The molecule has 1 fully saturated rings. The first-order valence-electron chi connectivity index (χ1n) is 10.4. The Kier molecular flexibility index (Phi) is 17.2. The maximum Gasteiger partial charge on any atom is 1.00 e. The van der Waals surface area contributed by atoms with Gasteiger partial charge in [0.1, 0.15) is 7.80 Å². The molecule has 3 rings (SSSR count). The standard InChI is InChI=1S/C12H11OP.C9H21P.C5H5.Os/c13-14(11-7-3-1-4-8-11)12-9-5-2-6-10-12;1-7(2)10(8(3)4)9(5)6;1-2-4-5-3-1;/h1-10,14H;7-9H,1-6H3;1-5H;/q;;;+1. The van der Waals surface area contributed by atoms with E-state index in [9.17, 15) is 4.57 Å². The Morgan fingerprint density at radius 2 is 0.833 bits per heavy atom. The topological polar surface area (TPSA) is 17.1 Å². The first-order chi connectivity index (χ1) is 13.8. The third-order valence-electron chi connectivity index (χ3n) is 4.42. The Morgan fingerprint density at radius 1 is 0.567 bits per heavy atom. The number of hydrogen-bond acceptors (Lipinski definition) is 1. The van der Waals surface area contributed by atoms with Crippen molar-refractivity contribution >= 4 is 26.3 Å². The summed E-state index contributed by atoms with van der Waals surface area (Å²) in [6.07, 6.45) is 10.0. The number of hydrogen-bond donors (Lipinski definition) is 0. The molecule has 0 aromatic heterocycles. The van der Waals surface area contributed by atoms with E-state index in [-0.39, 0.29) is 27.7 Å². The molecule has 1 nitrogen and oxygen atoms in total. The minimum absolute atomic E-state index is 0. The quantitative estimate of drug-likeness (QED) is 0.334. The van der Waals surface area contributed by atoms with Crippen LogP contribution in [0.3, 0.4) is 0 Å². The Morgan fingerprint density at radius 3 is 1.03 bits per heavy atom.